The third-order valence-corrected chi connectivity index (χ3v) is 4.52. The summed E-state index contributed by atoms with van der Waals surface area (Å²) in [4.78, 5) is 1.44. The van der Waals surface area contributed by atoms with Gasteiger partial charge in [-0.05, 0) is 44.1 Å². The van der Waals surface area contributed by atoms with Crippen molar-refractivity contribution in [3.63, 3.8) is 0 Å². The number of hydrogen-bond donors (Lipinski definition) is 1. The first kappa shape index (κ1) is 12.1. The van der Waals surface area contributed by atoms with E-state index < -0.39 is 0 Å². The topological polar surface area (TPSA) is 21.3 Å². The molecule has 0 amide bonds. The van der Waals surface area contributed by atoms with Crippen LogP contribution < -0.4 is 5.32 Å². The summed E-state index contributed by atoms with van der Waals surface area (Å²) in [6, 6.07) is 5.50. The van der Waals surface area contributed by atoms with E-state index in [2.05, 4.69) is 29.8 Å². The first-order chi connectivity index (χ1) is 7.79. The molecule has 0 spiro atoms. The molecule has 3 heteroatoms. The van der Waals surface area contributed by atoms with E-state index in [9.17, 15) is 0 Å². The van der Waals surface area contributed by atoms with Crippen LogP contribution in [0.4, 0.5) is 0 Å². The molecule has 1 fully saturated rings. The quantitative estimate of drug-likeness (QED) is 0.870. The first-order valence-electron chi connectivity index (χ1n) is 6.12. The van der Waals surface area contributed by atoms with E-state index in [4.69, 9.17) is 4.74 Å². The van der Waals surface area contributed by atoms with Crippen LogP contribution >= 0.6 is 11.3 Å². The van der Waals surface area contributed by atoms with E-state index in [1.807, 2.05) is 18.4 Å². The molecule has 1 saturated carbocycles. The van der Waals surface area contributed by atoms with Crippen molar-refractivity contribution in [2.45, 2.75) is 50.8 Å². The zero-order chi connectivity index (χ0) is 11.4. The molecule has 0 bridgehead atoms. The zero-order valence-corrected chi connectivity index (χ0v) is 10.9. The molecule has 90 valence electrons. The molecule has 16 heavy (non-hydrogen) atoms. The second-order valence-electron chi connectivity index (χ2n) is 4.61. The fourth-order valence-electron chi connectivity index (χ4n) is 2.44. The van der Waals surface area contributed by atoms with Crippen molar-refractivity contribution in [1.82, 2.24) is 5.32 Å². The SMILES string of the molecule is COC1CCC(N[C@@H](C)c2cccs2)CC1. The number of rotatable bonds is 4. The maximum absolute atomic E-state index is 5.39. The normalized spacial score (nSPS) is 27.9. The Labute approximate surface area is 102 Å². The first-order valence-corrected chi connectivity index (χ1v) is 7.00. The fraction of sp³-hybridized carbons (Fsp3) is 0.692. The minimum absolute atomic E-state index is 0.490. The summed E-state index contributed by atoms with van der Waals surface area (Å²) < 4.78 is 5.39. The molecule has 1 aromatic heterocycles. The molecule has 0 unspecified atom stereocenters. The summed E-state index contributed by atoms with van der Waals surface area (Å²) in [6.45, 7) is 2.26. The van der Waals surface area contributed by atoms with Crippen LogP contribution in [0.2, 0.25) is 0 Å². The van der Waals surface area contributed by atoms with Crippen LogP contribution in [0.1, 0.15) is 43.5 Å². The van der Waals surface area contributed by atoms with Crippen LogP contribution in [0.15, 0.2) is 17.5 Å². The Morgan fingerprint density at radius 3 is 2.69 bits per heavy atom. The van der Waals surface area contributed by atoms with Crippen LogP contribution in [-0.2, 0) is 4.74 Å². The number of nitrogens with one attached hydrogen (secondary N) is 1. The molecule has 1 heterocycles. The van der Waals surface area contributed by atoms with Gasteiger partial charge in [-0.15, -0.1) is 11.3 Å². The predicted octanol–water partition coefficient (Wildman–Crippen LogP) is 3.36. The van der Waals surface area contributed by atoms with Gasteiger partial charge in [-0.1, -0.05) is 6.07 Å². The average molecular weight is 239 g/mol. The molecule has 2 rings (SSSR count). The van der Waals surface area contributed by atoms with Crippen molar-refractivity contribution in [2.75, 3.05) is 7.11 Å². The maximum atomic E-state index is 5.39. The molecule has 0 aromatic carbocycles. The summed E-state index contributed by atoms with van der Waals surface area (Å²) in [5.41, 5.74) is 0. The largest absolute Gasteiger partial charge is 0.381 e. The Balaban J connectivity index is 1.78. The highest BCUT2D eigenvalue weighted by Gasteiger charge is 2.22. The van der Waals surface area contributed by atoms with Gasteiger partial charge in [0.05, 0.1) is 6.10 Å². The second kappa shape index (κ2) is 5.80. The van der Waals surface area contributed by atoms with Crippen molar-refractivity contribution in [3.05, 3.63) is 22.4 Å². The standard InChI is InChI=1S/C13H21NOS/c1-10(13-4-3-9-16-13)14-11-5-7-12(15-2)8-6-11/h3-4,9-12,14H,5-8H2,1-2H3/t10-,11?,12?/m0/s1. The van der Waals surface area contributed by atoms with Crippen molar-refractivity contribution >= 4 is 11.3 Å². The lowest BCUT2D eigenvalue weighted by Crippen LogP contribution is -2.36. The monoisotopic (exact) mass is 239 g/mol. The van der Waals surface area contributed by atoms with E-state index in [1.54, 1.807) is 0 Å². The van der Waals surface area contributed by atoms with Gasteiger partial charge in [0, 0.05) is 24.1 Å². The maximum Gasteiger partial charge on any atom is 0.0572 e. The summed E-state index contributed by atoms with van der Waals surface area (Å²) in [5.74, 6) is 0. The Kier molecular flexibility index (Phi) is 4.38. The van der Waals surface area contributed by atoms with E-state index in [1.165, 1.54) is 30.6 Å². The zero-order valence-electron chi connectivity index (χ0n) is 10.1. The lowest BCUT2D eigenvalue weighted by molar-refractivity contribution is 0.0614. The van der Waals surface area contributed by atoms with Gasteiger partial charge in [0.25, 0.3) is 0 Å². The average Bonchev–Trinajstić information content (AvgIpc) is 2.83. The van der Waals surface area contributed by atoms with Gasteiger partial charge in [-0.2, -0.15) is 0 Å². The fourth-order valence-corrected chi connectivity index (χ4v) is 3.18. The van der Waals surface area contributed by atoms with E-state index in [0.29, 0.717) is 18.2 Å². The van der Waals surface area contributed by atoms with Gasteiger partial charge in [0.1, 0.15) is 0 Å². The van der Waals surface area contributed by atoms with Gasteiger partial charge < -0.3 is 10.1 Å². The lowest BCUT2D eigenvalue weighted by atomic mass is 9.92. The van der Waals surface area contributed by atoms with Crippen molar-refractivity contribution < 1.29 is 4.74 Å². The third-order valence-electron chi connectivity index (χ3n) is 3.46. The van der Waals surface area contributed by atoms with Crippen LogP contribution in [0.25, 0.3) is 0 Å². The number of methoxy groups -OCH3 is 1. The molecule has 1 N–H and O–H groups in total. The van der Waals surface area contributed by atoms with Crippen molar-refractivity contribution in [2.24, 2.45) is 0 Å². The van der Waals surface area contributed by atoms with Gasteiger partial charge in [-0.3, -0.25) is 0 Å². The molecule has 0 radical (unpaired) electrons. The summed E-state index contributed by atoms with van der Waals surface area (Å²) in [6.07, 6.45) is 5.38. The molecule has 0 aliphatic heterocycles. The van der Waals surface area contributed by atoms with E-state index in [-0.39, 0.29) is 0 Å². The van der Waals surface area contributed by atoms with Gasteiger partial charge in [0.2, 0.25) is 0 Å². The van der Waals surface area contributed by atoms with Crippen LogP contribution in [-0.4, -0.2) is 19.3 Å². The molecular weight excluding hydrogens is 218 g/mol. The molecule has 1 aliphatic rings. The molecule has 0 saturated heterocycles. The molecule has 1 atom stereocenters. The van der Waals surface area contributed by atoms with Gasteiger partial charge in [-0.25, -0.2) is 0 Å². The van der Waals surface area contributed by atoms with Crippen LogP contribution in [0.3, 0.4) is 0 Å². The minimum Gasteiger partial charge on any atom is -0.381 e. The number of ether oxygens (including phenoxy) is 1. The lowest BCUT2D eigenvalue weighted by Gasteiger charge is -2.30. The molecule has 1 aromatic rings. The molecule has 1 aliphatic carbocycles. The highest BCUT2D eigenvalue weighted by molar-refractivity contribution is 7.10. The Hall–Kier alpha value is -0.380. The Bertz CT molecular complexity index is 291. The molecular formula is C13H21NOS. The third kappa shape index (κ3) is 3.06. The van der Waals surface area contributed by atoms with Crippen LogP contribution in [0.5, 0.6) is 0 Å². The summed E-state index contributed by atoms with van der Waals surface area (Å²) >= 11 is 1.84. The van der Waals surface area contributed by atoms with Crippen LogP contribution in [0, 0.1) is 0 Å². The van der Waals surface area contributed by atoms with Gasteiger partial charge in [0.15, 0.2) is 0 Å². The molecule has 2 nitrogen and oxygen atoms in total. The Morgan fingerprint density at radius 2 is 2.12 bits per heavy atom. The van der Waals surface area contributed by atoms with E-state index in [0.717, 1.165) is 0 Å². The minimum atomic E-state index is 0.490. The second-order valence-corrected chi connectivity index (χ2v) is 5.59. The van der Waals surface area contributed by atoms with Crippen molar-refractivity contribution in [1.29, 1.82) is 0 Å². The summed E-state index contributed by atoms with van der Waals surface area (Å²) in [5, 5.41) is 5.87. The Morgan fingerprint density at radius 1 is 1.38 bits per heavy atom. The van der Waals surface area contributed by atoms with E-state index >= 15 is 0 Å². The predicted molar refractivity (Wildman–Crippen MR) is 68.9 cm³/mol. The number of thiophene rings is 1. The smallest absolute Gasteiger partial charge is 0.0572 e. The summed E-state index contributed by atoms with van der Waals surface area (Å²) in [7, 11) is 1.83. The highest BCUT2D eigenvalue weighted by atomic mass is 32.1. The number of hydrogen-bond acceptors (Lipinski definition) is 3. The van der Waals surface area contributed by atoms with Gasteiger partial charge >= 0.3 is 0 Å². The van der Waals surface area contributed by atoms with Crippen molar-refractivity contribution in [3.8, 4) is 0 Å². The highest BCUT2D eigenvalue weighted by Crippen LogP contribution is 2.24.